The molecule has 4 N–H and O–H groups in total. The van der Waals surface area contributed by atoms with Crippen molar-refractivity contribution in [1.82, 2.24) is 0 Å². The monoisotopic (exact) mass is 225 g/mol. The highest BCUT2D eigenvalue weighted by Crippen LogP contribution is 2.00. The number of carboxylic acid groups (broad SMARTS) is 2. The molecule has 0 bridgehead atoms. The lowest BCUT2D eigenvalue weighted by molar-refractivity contribution is -0.159. The summed E-state index contributed by atoms with van der Waals surface area (Å²) in [6.07, 6.45) is 0.973. The molecule has 0 saturated heterocycles. The Morgan fingerprint density at radius 2 is 1.62 bits per heavy atom. The molecule has 16 heavy (non-hydrogen) atoms. The summed E-state index contributed by atoms with van der Waals surface area (Å²) in [5.41, 5.74) is 6.94. The number of carbonyl (C=O) groups is 2. The Hall–Kier alpha value is -1.88. The van der Waals surface area contributed by atoms with Gasteiger partial charge in [0.2, 0.25) is 0 Å². The first-order valence-electron chi connectivity index (χ1n) is 4.69. The Labute approximate surface area is 93.5 Å². The van der Waals surface area contributed by atoms with Crippen molar-refractivity contribution in [2.45, 2.75) is 19.4 Å². The maximum absolute atomic E-state index is 9.10. The molecule has 1 unspecified atom stereocenters. The van der Waals surface area contributed by atoms with Gasteiger partial charge in [-0.05, 0) is 18.9 Å². The van der Waals surface area contributed by atoms with E-state index < -0.39 is 11.9 Å². The highest BCUT2D eigenvalue weighted by atomic mass is 16.4. The minimum absolute atomic E-state index is 0.266. The van der Waals surface area contributed by atoms with Crippen LogP contribution >= 0.6 is 0 Å². The zero-order valence-corrected chi connectivity index (χ0v) is 8.96. The van der Waals surface area contributed by atoms with Gasteiger partial charge in [-0.3, -0.25) is 0 Å². The topological polar surface area (TPSA) is 101 Å². The Morgan fingerprint density at radius 1 is 1.19 bits per heavy atom. The van der Waals surface area contributed by atoms with E-state index >= 15 is 0 Å². The average Bonchev–Trinajstić information content (AvgIpc) is 2.19. The van der Waals surface area contributed by atoms with Crippen LogP contribution in [0.1, 0.15) is 12.5 Å². The molecule has 5 heteroatoms. The lowest BCUT2D eigenvalue weighted by Gasteiger charge is -2.02. The molecule has 0 heterocycles. The molecule has 0 aliphatic heterocycles. The zero-order valence-electron chi connectivity index (χ0n) is 8.96. The van der Waals surface area contributed by atoms with Crippen LogP contribution in [0, 0.1) is 0 Å². The molecule has 0 saturated carbocycles. The van der Waals surface area contributed by atoms with Crippen molar-refractivity contribution >= 4 is 11.9 Å². The number of nitrogens with two attached hydrogens (primary N) is 1. The molecule has 0 aliphatic rings. The summed E-state index contributed by atoms with van der Waals surface area (Å²) in [7, 11) is 0. The molecule has 1 rings (SSSR count). The molecule has 0 amide bonds. The Bertz CT molecular complexity index is 323. The SMILES string of the molecule is CC(N)Cc1ccccc1.O=C(O)C(=O)O. The predicted octanol–water partition coefficient (Wildman–Crippen LogP) is 0.732. The number of hydrogen-bond acceptors (Lipinski definition) is 3. The molecule has 0 aliphatic carbocycles. The van der Waals surface area contributed by atoms with E-state index in [9.17, 15) is 0 Å². The molecule has 0 aromatic heterocycles. The first-order valence-corrected chi connectivity index (χ1v) is 4.69. The maximum atomic E-state index is 9.10. The van der Waals surface area contributed by atoms with E-state index in [2.05, 4.69) is 12.1 Å². The van der Waals surface area contributed by atoms with Gasteiger partial charge in [0.25, 0.3) is 0 Å². The molecule has 5 nitrogen and oxygen atoms in total. The summed E-state index contributed by atoms with van der Waals surface area (Å²) < 4.78 is 0. The molecule has 0 radical (unpaired) electrons. The van der Waals surface area contributed by atoms with Crippen molar-refractivity contribution in [3.8, 4) is 0 Å². The smallest absolute Gasteiger partial charge is 0.414 e. The van der Waals surface area contributed by atoms with Crippen LogP contribution in [0.4, 0.5) is 0 Å². The second-order valence-electron chi connectivity index (χ2n) is 3.28. The van der Waals surface area contributed by atoms with Crippen molar-refractivity contribution in [2.24, 2.45) is 5.73 Å². The third-order valence-corrected chi connectivity index (χ3v) is 1.58. The van der Waals surface area contributed by atoms with Gasteiger partial charge in [0.1, 0.15) is 0 Å². The fourth-order valence-electron chi connectivity index (χ4n) is 0.986. The summed E-state index contributed by atoms with van der Waals surface area (Å²) >= 11 is 0. The summed E-state index contributed by atoms with van der Waals surface area (Å²) in [6.45, 7) is 2.02. The maximum Gasteiger partial charge on any atom is 0.414 e. The number of aliphatic carboxylic acids is 2. The Kier molecular flexibility index (Phi) is 6.55. The van der Waals surface area contributed by atoms with E-state index in [1.807, 2.05) is 25.1 Å². The molecule has 0 spiro atoms. The molecule has 1 atom stereocenters. The van der Waals surface area contributed by atoms with E-state index in [4.69, 9.17) is 25.5 Å². The third kappa shape index (κ3) is 7.52. The van der Waals surface area contributed by atoms with Crippen molar-refractivity contribution in [1.29, 1.82) is 0 Å². The van der Waals surface area contributed by atoms with E-state index in [0.29, 0.717) is 0 Å². The van der Waals surface area contributed by atoms with Crippen LogP contribution in [0.3, 0.4) is 0 Å². The first-order chi connectivity index (χ1) is 7.43. The molecule has 0 fully saturated rings. The lowest BCUT2D eigenvalue weighted by Crippen LogP contribution is -2.17. The second-order valence-corrected chi connectivity index (χ2v) is 3.28. The largest absolute Gasteiger partial charge is 0.473 e. The van der Waals surface area contributed by atoms with Gasteiger partial charge < -0.3 is 15.9 Å². The fourth-order valence-corrected chi connectivity index (χ4v) is 0.986. The van der Waals surface area contributed by atoms with Crippen LogP contribution in [0.25, 0.3) is 0 Å². The van der Waals surface area contributed by atoms with Gasteiger partial charge in [-0.15, -0.1) is 0 Å². The molecular formula is C11H15NO4. The predicted molar refractivity (Wildman–Crippen MR) is 59.1 cm³/mol. The van der Waals surface area contributed by atoms with E-state index in [0.717, 1.165) is 6.42 Å². The summed E-state index contributed by atoms with van der Waals surface area (Å²) in [6, 6.07) is 10.6. The Balaban J connectivity index is 0.000000325. The number of rotatable bonds is 2. The highest BCUT2D eigenvalue weighted by Gasteiger charge is 2.04. The number of hydrogen-bond donors (Lipinski definition) is 3. The molecule has 1 aromatic carbocycles. The highest BCUT2D eigenvalue weighted by molar-refractivity contribution is 6.27. The summed E-state index contributed by atoms with van der Waals surface area (Å²) in [5, 5.41) is 14.8. The Morgan fingerprint density at radius 3 is 1.94 bits per heavy atom. The van der Waals surface area contributed by atoms with E-state index in [-0.39, 0.29) is 6.04 Å². The molecular weight excluding hydrogens is 210 g/mol. The van der Waals surface area contributed by atoms with Crippen LogP contribution in [-0.2, 0) is 16.0 Å². The third-order valence-electron chi connectivity index (χ3n) is 1.58. The van der Waals surface area contributed by atoms with E-state index in [1.54, 1.807) is 0 Å². The summed E-state index contributed by atoms with van der Waals surface area (Å²) in [5.74, 6) is -3.65. The average molecular weight is 225 g/mol. The molecule has 88 valence electrons. The van der Waals surface area contributed by atoms with Crippen LogP contribution < -0.4 is 5.73 Å². The first kappa shape index (κ1) is 14.1. The van der Waals surface area contributed by atoms with Crippen LogP contribution in [-0.4, -0.2) is 28.2 Å². The van der Waals surface area contributed by atoms with Gasteiger partial charge in [0, 0.05) is 6.04 Å². The minimum Gasteiger partial charge on any atom is -0.473 e. The van der Waals surface area contributed by atoms with Crippen molar-refractivity contribution < 1.29 is 19.8 Å². The number of benzene rings is 1. The number of carboxylic acids is 2. The van der Waals surface area contributed by atoms with Gasteiger partial charge in [0.15, 0.2) is 0 Å². The van der Waals surface area contributed by atoms with Gasteiger partial charge in [-0.1, -0.05) is 30.3 Å². The minimum atomic E-state index is -1.82. The summed E-state index contributed by atoms with van der Waals surface area (Å²) in [4.78, 5) is 18.2. The molecule has 1 aromatic rings. The fraction of sp³-hybridized carbons (Fsp3) is 0.273. The standard InChI is InChI=1S/C9H13N.C2H2O4/c1-8(10)7-9-5-3-2-4-6-9;3-1(4)2(5)6/h2-6,8H,7,10H2,1H3;(H,3,4)(H,5,6). The lowest BCUT2D eigenvalue weighted by atomic mass is 10.1. The van der Waals surface area contributed by atoms with Crippen LogP contribution in [0.2, 0.25) is 0 Å². The van der Waals surface area contributed by atoms with Gasteiger partial charge in [-0.2, -0.15) is 0 Å². The van der Waals surface area contributed by atoms with Gasteiger partial charge in [0.05, 0.1) is 0 Å². The van der Waals surface area contributed by atoms with Crippen molar-refractivity contribution in [3.63, 3.8) is 0 Å². The second kappa shape index (κ2) is 7.42. The van der Waals surface area contributed by atoms with Crippen molar-refractivity contribution in [2.75, 3.05) is 0 Å². The normalized spacial score (nSPS) is 10.9. The van der Waals surface area contributed by atoms with Crippen molar-refractivity contribution in [3.05, 3.63) is 35.9 Å². The van der Waals surface area contributed by atoms with Gasteiger partial charge >= 0.3 is 11.9 Å². The van der Waals surface area contributed by atoms with E-state index in [1.165, 1.54) is 5.56 Å². The van der Waals surface area contributed by atoms with Gasteiger partial charge in [-0.25, -0.2) is 9.59 Å². The van der Waals surface area contributed by atoms with Crippen LogP contribution in [0.5, 0.6) is 0 Å². The zero-order chi connectivity index (χ0) is 12.6. The van der Waals surface area contributed by atoms with Crippen LogP contribution in [0.15, 0.2) is 30.3 Å². The quantitative estimate of drug-likeness (QED) is 0.644.